The number of aryl methyl sites for hydroxylation is 3. The van der Waals surface area contributed by atoms with Crippen molar-refractivity contribution in [3.05, 3.63) is 100 Å². The number of ketones is 1. The molecule has 208 valence electrons. The van der Waals surface area contributed by atoms with Gasteiger partial charge in [-0.05, 0) is 86.1 Å². The van der Waals surface area contributed by atoms with Crippen LogP contribution in [0.5, 0.6) is 5.75 Å². The summed E-state index contributed by atoms with van der Waals surface area (Å²) in [6.07, 6.45) is 10.7. The Kier molecular flexibility index (Phi) is 8.88. The van der Waals surface area contributed by atoms with Gasteiger partial charge in [-0.3, -0.25) is 20.3 Å². The molecule has 3 N–H and O–H groups in total. The van der Waals surface area contributed by atoms with E-state index in [2.05, 4.69) is 65.4 Å². The van der Waals surface area contributed by atoms with E-state index in [4.69, 9.17) is 9.73 Å². The fourth-order valence-electron chi connectivity index (χ4n) is 4.95. The lowest BCUT2D eigenvalue weighted by Crippen LogP contribution is -2.21. The number of nitrogens with zero attached hydrogens (tertiary/aromatic N) is 3. The van der Waals surface area contributed by atoms with Gasteiger partial charge in [0.2, 0.25) is 5.78 Å². The van der Waals surface area contributed by atoms with Gasteiger partial charge in [-0.2, -0.15) is 5.10 Å². The van der Waals surface area contributed by atoms with Crippen LogP contribution in [0.4, 0.5) is 5.69 Å². The fourth-order valence-corrected chi connectivity index (χ4v) is 4.95. The summed E-state index contributed by atoms with van der Waals surface area (Å²) in [7, 11) is 1.80. The molecular weight excluding hydrogens is 500 g/mol. The summed E-state index contributed by atoms with van der Waals surface area (Å²) in [5.74, 6) is 1.99. The molecule has 5 rings (SSSR count). The highest BCUT2D eigenvalue weighted by Crippen LogP contribution is 2.29. The van der Waals surface area contributed by atoms with Crippen molar-refractivity contribution in [2.45, 2.75) is 45.4 Å². The molecule has 0 amide bonds. The Bertz CT molecular complexity index is 1450. The first-order chi connectivity index (χ1) is 19.4. The predicted molar refractivity (Wildman–Crippen MR) is 160 cm³/mol. The van der Waals surface area contributed by atoms with Gasteiger partial charge in [0.25, 0.3) is 0 Å². The number of aliphatic imine (C=N–C) groups is 1. The van der Waals surface area contributed by atoms with Gasteiger partial charge >= 0.3 is 0 Å². The van der Waals surface area contributed by atoms with E-state index in [1.807, 2.05) is 18.4 Å². The molecule has 2 aliphatic heterocycles. The van der Waals surface area contributed by atoms with Gasteiger partial charge in [0.1, 0.15) is 17.3 Å². The third-order valence-corrected chi connectivity index (χ3v) is 7.31. The van der Waals surface area contributed by atoms with Crippen molar-refractivity contribution in [1.29, 1.82) is 0 Å². The molecule has 1 saturated heterocycles. The molecule has 0 atom stereocenters. The van der Waals surface area contributed by atoms with Gasteiger partial charge in [0, 0.05) is 50.2 Å². The number of aromatic nitrogens is 2. The molecular formula is C32H38N6O2. The van der Waals surface area contributed by atoms with E-state index in [-0.39, 0.29) is 5.78 Å². The number of carbonyl (C=O) groups is 1. The predicted octanol–water partition coefficient (Wildman–Crippen LogP) is 5.23. The van der Waals surface area contributed by atoms with Gasteiger partial charge in [-0.25, -0.2) is 4.99 Å². The van der Waals surface area contributed by atoms with E-state index in [0.717, 1.165) is 56.0 Å². The highest BCUT2D eigenvalue weighted by molar-refractivity contribution is 6.02. The Balaban J connectivity index is 1.25. The average Bonchev–Trinajstić information content (AvgIpc) is 3.64. The van der Waals surface area contributed by atoms with E-state index >= 15 is 0 Å². The summed E-state index contributed by atoms with van der Waals surface area (Å²) in [6.45, 7) is 6.56. The molecule has 0 bridgehead atoms. The van der Waals surface area contributed by atoms with Gasteiger partial charge < -0.3 is 10.1 Å². The molecule has 0 saturated carbocycles. The molecule has 3 heterocycles. The minimum atomic E-state index is -0.0798. The summed E-state index contributed by atoms with van der Waals surface area (Å²) in [5, 5.41) is 7.74. The SMILES string of the molecule is C/C1=C(\Nc2cc(OCCC/C=C/C(=O)c3ccn(C)n3)cc(C3CNNC3)c2)N=Cc2cc(C)ccc2CC1. The Morgan fingerprint density at radius 3 is 2.77 bits per heavy atom. The summed E-state index contributed by atoms with van der Waals surface area (Å²) in [4.78, 5) is 17.1. The van der Waals surface area contributed by atoms with Gasteiger partial charge in [-0.1, -0.05) is 29.8 Å². The molecule has 0 spiro atoms. The number of hydrazine groups is 1. The van der Waals surface area contributed by atoms with E-state index in [9.17, 15) is 4.79 Å². The van der Waals surface area contributed by atoms with Gasteiger partial charge in [0.15, 0.2) is 0 Å². The van der Waals surface area contributed by atoms with Crippen LogP contribution in [0.2, 0.25) is 0 Å². The quantitative estimate of drug-likeness (QED) is 0.186. The third kappa shape index (κ3) is 7.14. The second kappa shape index (κ2) is 12.9. The van der Waals surface area contributed by atoms with E-state index < -0.39 is 0 Å². The molecule has 1 aromatic heterocycles. The molecule has 2 aromatic carbocycles. The zero-order valence-corrected chi connectivity index (χ0v) is 23.5. The first-order valence-corrected chi connectivity index (χ1v) is 14.0. The Hall–Kier alpha value is -4.01. The second-order valence-electron chi connectivity index (χ2n) is 10.6. The van der Waals surface area contributed by atoms with Crippen LogP contribution in [-0.4, -0.2) is 41.5 Å². The molecule has 8 heteroatoms. The number of nitrogens with one attached hydrogen (secondary N) is 3. The monoisotopic (exact) mass is 538 g/mol. The van der Waals surface area contributed by atoms with Crippen molar-refractivity contribution in [2.24, 2.45) is 12.0 Å². The number of hydrogen-bond donors (Lipinski definition) is 3. The van der Waals surface area contributed by atoms with Crippen molar-refractivity contribution >= 4 is 17.7 Å². The Morgan fingerprint density at radius 2 is 1.98 bits per heavy atom. The Morgan fingerprint density at radius 1 is 1.12 bits per heavy atom. The minimum Gasteiger partial charge on any atom is -0.493 e. The summed E-state index contributed by atoms with van der Waals surface area (Å²) in [5.41, 5.74) is 14.1. The number of ether oxygens (including phenoxy) is 1. The number of allylic oxidation sites excluding steroid dienone is 3. The topological polar surface area (TPSA) is 92.6 Å². The molecule has 3 aromatic rings. The van der Waals surface area contributed by atoms with Crippen molar-refractivity contribution < 1.29 is 9.53 Å². The second-order valence-corrected chi connectivity index (χ2v) is 10.6. The lowest BCUT2D eigenvalue weighted by molar-refractivity contribution is 0.104. The van der Waals surface area contributed by atoms with Crippen molar-refractivity contribution in [2.75, 3.05) is 25.0 Å². The van der Waals surface area contributed by atoms with Gasteiger partial charge in [-0.15, -0.1) is 0 Å². The minimum absolute atomic E-state index is 0.0798. The number of anilines is 1. The summed E-state index contributed by atoms with van der Waals surface area (Å²) in [6, 6.07) is 14.7. The Labute approximate surface area is 236 Å². The highest BCUT2D eigenvalue weighted by atomic mass is 16.5. The standard InChI is InChI=1S/C32H38N6O2/c1-22-8-10-24-11-9-23(2)32(33-19-26(24)15-22)36-28-16-25(27-20-34-35-21-27)17-29(18-28)40-14-6-4-5-7-31(39)30-12-13-38(3)37-30/h5,7-8,10,12-13,15-19,27,34-36H,4,6,9,11,14,20-21H2,1-3H3/b7-5+,32-23+,33-19?. The molecule has 0 aliphatic carbocycles. The smallest absolute Gasteiger partial charge is 0.205 e. The summed E-state index contributed by atoms with van der Waals surface area (Å²) >= 11 is 0. The molecule has 0 unspecified atom stereocenters. The van der Waals surface area contributed by atoms with Crippen molar-refractivity contribution in [1.82, 2.24) is 20.6 Å². The van der Waals surface area contributed by atoms with Crippen LogP contribution in [0.3, 0.4) is 0 Å². The van der Waals surface area contributed by atoms with Crippen LogP contribution in [0.15, 0.2) is 77.2 Å². The normalized spacial score (nSPS) is 17.6. The lowest BCUT2D eigenvalue weighted by Gasteiger charge is -2.18. The van der Waals surface area contributed by atoms with Crippen LogP contribution < -0.4 is 20.9 Å². The number of unbranched alkanes of at least 4 members (excludes halogenated alkanes) is 1. The number of hydrogen-bond acceptors (Lipinski definition) is 7. The van der Waals surface area contributed by atoms with Crippen LogP contribution in [0, 0.1) is 6.92 Å². The number of fused-ring (bicyclic) bond motifs is 1. The molecule has 0 radical (unpaired) electrons. The zero-order chi connectivity index (χ0) is 27.9. The fraction of sp³-hybridized carbons (Fsp3) is 0.344. The maximum absolute atomic E-state index is 12.2. The largest absolute Gasteiger partial charge is 0.493 e. The summed E-state index contributed by atoms with van der Waals surface area (Å²) < 4.78 is 7.82. The van der Waals surface area contributed by atoms with Crippen molar-refractivity contribution in [3.8, 4) is 5.75 Å². The molecule has 8 nitrogen and oxygen atoms in total. The van der Waals surface area contributed by atoms with Crippen LogP contribution in [-0.2, 0) is 13.5 Å². The number of carbonyl (C=O) groups excluding carboxylic acids is 1. The molecule has 2 aliphatic rings. The maximum Gasteiger partial charge on any atom is 0.205 e. The highest BCUT2D eigenvalue weighted by Gasteiger charge is 2.19. The van der Waals surface area contributed by atoms with Crippen molar-refractivity contribution in [3.63, 3.8) is 0 Å². The van der Waals surface area contributed by atoms with Crippen LogP contribution in [0.25, 0.3) is 0 Å². The zero-order valence-electron chi connectivity index (χ0n) is 23.5. The average molecular weight is 539 g/mol. The molecule has 40 heavy (non-hydrogen) atoms. The van der Waals surface area contributed by atoms with Crippen LogP contribution >= 0.6 is 0 Å². The van der Waals surface area contributed by atoms with E-state index in [0.29, 0.717) is 18.2 Å². The first kappa shape index (κ1) is 27.6. The van der Waals surface area contributed by atoms with Crippen LogP contribution in [0.1, 0.15) is 64.8 Å². The first-order valence-electron chi connectivity index (χ1n) is 14.0. The molecule has 1 fully saturated rings. The van der Waals surface area contributed by atoms with E-state index in [1.54, 1.807) is 30.1 Å². The number of rotatable bonds is 10. The number of benzene rings is 2. The maximum atomic E-state index is 12.2. The van der Waals surface area contributed by atoms with E-state index in [1.165, 1.54) is 27.8 Å². The lowest BCUT2D eigenvalue weighted by atomic mass is 9.97. The van der Waals surface area contributed by atoms with Gasteiger partial charge in [0.05, 0.1) is 6.61 Å². The third-order valence-electron chi connectivity index (χ3n) is 7.31.